The van der Waals surface area contributed by atoms with Crippen LogP contribution in [0.1, 0.15) is 22.3 Å². The van der Waals surface area contributed by atoms with Crippen LogP contribution in [0, 0.1) is 0 Å². The first-order valence-corrected chi connectivity index (χ1v) is 11.5. The minimum atomic E-state index is -0.488. The van der Waals surface area contributed by atoms with Gasteiger partial charge in [0, 0.05) is 31.4 Å². The van der Waals surface area contributed by atoms with Gasteiger partial charge in [-0.2, -0.15) is 0 Å². The molecule has 2 atom stereocenters. The average molecular weight is 518 g/mol. The van der Waals surface area contributed by atoms with E-state index in [2.05, 4.69) is 140 Å². The number of hydrogen-bond acceptors (Lipinski definition) is 2. The largest absolute Gasteiger partial charge is 0.369 e. The molecule has 2 nitrogen and oxygen atoms in total. The minimum Gasteiger partial charge on any atom is -0.369 e. The second-order valence-corrected chi connectivity index (χ2v) is 9.69. The first-order chi connectivity index (χ1) is 14.6. The maximum atomic E-state index is 3.97. The van der Waals surface area contributed by atoms with Crippen molar-refractivity contribution in [3.63, 3.8) is 0 Å². The quantitative estimate of drug-likeness (QED) is 0.292. The van der Waals surface area contributed by atoms with Crippen molar-refractivity contribution in [3.8, 4) is 0 Å². The van der Waals surface area contributed by atoms with E-state index in [1.807, 2.05) is 0 Å². The topological polar surface area (TPSA) is 24.1 Å². The molecule has 2 aliphatic heterocycles. The fourth-order valence-electron chi connectivity index (χ4n) is 5.27. The summed E-state index contributed by atoms with van der Waals surface area (Å²) in [4.78, 5) is 0. The summed E-state index contributed by atoms with van der Waals surface area (Å²) in [6, 6.07) is 34.6. The van der Waals surface area contributed by atoms with Crippen molar-refractivity contribution in [2.45, 2.75) is 11.1 Å². The summed E-state index contributed by atoms with van der Waals surface area (Å²) in [5.41, 5.74) is 6.23. The Morgan fingerprint density at radius 3 is 1.30 bits per heavy atom. The van der Waals surface area contributed by atoms with Crippen molar-refractivity contribution in [3.05, 3.63) is 128 Å². The van der Waals surface area contributed by atoms with Gasteiger partial charge < -0.3 is 10.6 Å². The van der Waals surface area contributed by atoms with E-state index in [0.29, 0.717) is 0 Å². The number of fused-ring (bicyclic) bond motifs is 5. The summed E-state index contributed by atoms with van der Waals surface area (Å²) in [5.74, 6) is 0. The Bertz CT molecular complexity index is 1170. The van der Waals surface area contributed by atoms with Gasteiger partial charge in [0.15, 0.2) is 0 Å². The Kier molecular flexibility index (Phi) is 3.93. The molecule has 2 aliphatic rings. The summed E-state index contributed by atoms with van der Waals surface area (Å²) in [6.45, 7) is 0. The molecule has 0 amide bonds. The highest BCUT2D eigenvalue weighted by atomic mass is 79.9. The Labute approximate surface area is 192 Å². The third kappa shape index (κ3) is 2.24. The molecule has 0 aliphatic carbocycles. The maximum absolute atomic E-state index is 3.97. The molecule has 2 heterocycles. The van der Waals surface area contributed by atoms with E-state index >= 15 is 0 Å². The van der Waals surface area contributed by atoms with Crippen LogP contribution in [0.15, 0.2) is 106 Å². The van der Waals surface area contributed by atoms with Crippen molar-refractivity contribution in [2.24, 2.45) is 0 Å². The lowest BCUT2D eigenvalue weighted by atomic mass is 9.66. The predicted molar refractivity (Wildman–Crippen MR) is 130 cm³/mol. The number of halogens is 2. The lowest BCUT2D eigenvalue weighted by Gasteiger charge is -2.42. The molecule has 6 rings (SSSR count). The van der Waals surface area contributed by atoms with E-state index in [-0.39, 0.29) is 0 Å². The van der Waals surface area contributed by atoms with Gasteiger partial charge in [0.25, 0.3) is 0 Å². The van der Waals surface area contributed by atoms with E-state index in [1.54, 1.807) is 0 Å². The second kappa shape index (κ2) is 6.47. The summed E-state index contributed by atoms with van der Waals surface area (Å²) >= 11 is 7.43. The molecular formula is C26H18Br2N2. The summed E-state index contributed by atoms with van der Waals surface area (Å²) in [6.07, 6.45) is 0. The van der Waals surface area contributed by atoms with E-state index in [1.165, 1.54) is 22.3 Å². The molecule has 2 N–H and O–H groups in total. The standard InChI is InChI=1S/C26H18Br2N2/c27-19-11-13-23-21(15-19)25(17-7-3-1-4-8-17)26(30-23,18-9-5-2-6-10-18)22-16-20(28)12-14-24(22)29-25/h1-16,29-30H/t25-,26-/m1/s1. The van der Waals surface area contributed by atoms with Crippen LogP contribution >= 0.6 is 31.9 Å². The van der Waals surface area contributed by atoms with Gasteiger partial charge in [-0.3, -0.25) is 0 Å². The first kappa shape index (κ1) is 18.2. The number of rotatable bonds is 2. The normalized spacial score (nSPS) is 23.1. The molecule has 0 bridgehead atoms. The van der Waals surface area contributed by atoms with Gasteiger partial charge >= 0.3 is 0 Å². The van der Waals surface area contributed by atoms with Gasteiger partial charge in [0.1, 0.15) is 11.1 Å². The Morgan fingerprint density at radius 1 is 0.500 bits per heavy atom. The molecule has 0 aromatic heterocycles. The molecule has 4 aromatic rings. The zero-order chi connectivity index (χ0) is 20.3. The lowest BCUT2D eigenvalue weighted by Crippen LogP contribution is -2.51. The molecule has 0 radical (unpaired) electrons. The molecule has 0 saturated heterocycles. The van der Waals surface area contributed by atoms with Crippen LogP contribution in [-0.2, 0) is 11.1 Å². The van der Waals surface area contributed by atoms with Crippen LogP contribution in [0.2, 0.25) is 0 Å². The van der Waals surface area contributed by atoms with E-state index in [4.69, 9.17) is 0 Å². The highest BCUT2D eigenvalue weighted by Crippen LogP contribution is 2.64. The van der Waals surface area contributed by atoms with Gasteiger partial charge in [-0.25, -0.2) is 0 Å². The molecule has 30 heavy (non-hydrogen) atoms. The molecule has 4 aromatic carbocycles. The van der Waals surface area contributed by atoms with Crippen LogP contribution in [0.3, 0.4) is 0 Å². The Morgan fingerprint density at radius 2 is 0.900 bits per heavy atom. The van der Waals surface area contributed by atoms with E-state index in [0.717, 1.165) is 20.3 Å². The fraction of sp³-hybridized carbons (Fsp3) is 0.0769. The third-order valence-electron chi connectivity index (χ3n) is 6.39. The van der Waals surface area contributed by atoms with Crippen LogP contribution in [0.4, 0.5) is 11.4 Å². The molecule has 4 heteroatoms. The maximum Gasteiger partial charge on any atom is 0.122 e. The summed E-state index contributed by atoms with van der Waals surface area (Å²) in [5, 5.41) is 7.94. The number of benzene rings is 4. The van der Waals surface area contributed by atoms with Crippen LogP contribution in [0.5, 0.6) is 0 Å². The van der Waals surface area contributed by atoms with E-state index < -0.39 is 11.1 Å². The molecule has 0 saturated carbocycles. The molecular weight excluding hydrogens is 500 g/mol. The van der Waals surface area contributed by atoms with Gasteiger partial charge in [0.2, 0.25) is 0 Å². The Hall–Kier alpha value is -2.56. The van der Waals surface area contributed by atoms with Crippen LogP contribution in [0.25, 0.3) is 0 Å². The average Bonchev–Trinajstić information content (AvgIpc) is 3.23. The number of hydrogen-bond donors (Lipinski definition) is 2. The molecule has 0 fully saturated rings. The monoisotopic (exact) mass is 516 g/mol. The van der Waals surface area contributed by atoms with Gasteiger partial charge in [-0.05, 0) is 47.5 Å². The highest BCUT2D eigenvalue weighted by Gasteiger charge is 2.65. The van der Waals surface area contributed by atoms with Gasteiger partial charge in [-0.1, -0.05) is 92.5 Å². The van der Waals surface area contributed by atoms with E-state index in [9.17, 15) is 0 Å². The predicted octanol–water partition coefficient (Wildman–Crippen LogP) is 7.25. The fourth-order valence-corrected chi connectivity index (χ4v) is 5.99. The number of nitrogens with one attached hydrogen (secondary N) is 2. The van der Waals surface area contributed by atoms with Crippen LogP contribution in [-0.4, -0.2) is 0 Å². The second-order valence-electron chi connectivity index (χ2n) is 7.86. The molecule has 0 unspecified atom stereocenters. The van der Waals surface area contributed by atoms with Crippen molar-refractivity contribution < 1.29 is 0 Å². The van der Waals surface area contributed by atoms with Crippen molar-refractivity contribution in [1.82, 2.24) is 0 Å². The SMILES string of the molecule is Brc1ccc2c(c1)[C@@]1(c3ccccc3)Nc3ccc(Br)cc3[C@@]1(c1ccccc1)N2. The smallest absolute Gasteiger partial charge is 0.122 e. The third-order valence-corrected chi connectivity index (χ3v) is 7.38. The summed E-state index contributed by atoms with van der Waals surface area (Å²) < 4.78 is 2.14. The zero-order valence-corrected chi connectivity index (χ0v) is 19.2. The summed E-state index contributed by atoms with van der Waals surface area (Å²) in [7, 11) is 0. The van der Waals surface area contributed by atoms with Crippen molar-refractivity contribution in [2.75, 3.05) is 10.6 Å². The highest BCUT2D eigenvalue weighted by molar-refractivity contribution is 9.10. The minimum absolute atomic E-state index is 0.488. The van der Waals surface area contributed by atoms with Crippen molar-refractivity contribution in [1.29, 1.82) is 0 Å². The molecule has 146 valence electrons. The van der Waals surface area contributed by atoms with Gasteiger partial charge in [0.05, 0.1) is 0 Å². The van der Waals surface area contributed by atoms with Crippen molar-refractivity contribution >= 4 is 43.2 Å². The zero-order valence-electron chi connectivity index (χ0n) is 16.0. The number of anilines is 2. The molecule has 0 spiro atoms. The lowest BCUT2D eigenvalue weighted by molar-refractivity contribution is 0.439. The van der Waals surface area contributed by atoms with Crippen LogP contribution < -0.4 is 10.6 Å². The van der Waals surface area contributed by atoms with Gasteiger partial charge in [-0.15, -0.1) is 0 Å². The Balaban J connectivity index is 1.79. The first-order valence-electron chi connectivity index (χ1n) is 9.93.